The van der Waals surface area contributed by atoms with Gasteiger partial charge in [-0.1, -0.05) is 13.3 Å². The number of unbranched alkanes of at least 4 members (excludes halogenated alkanes) is 1. The van der Waals surface area contributed by atoms with Gasteiger partial charge in [-0.2, -0.15) is 0 Å². The van der Waals surface area contributed by atoms with E-state index in [-0.39, 0.29) is 16.5 Å². The van der Waals surface area contributed by atoms with Crippen LogP contribution < -0.4 is 19.5 Å². The number of hydrogen-bond donors (Lipinski definition) is 1. The van der Waals surface area contributed by atoms with E-state index in [2.05, 4.69) is 6.92 Å². The number of carbonyl (C=O) groups is 2. The minimum absolute atomic E-state index is 0.00903. The van der Waals surface area contributed by atoms with Crippen LogP contribution in [0.5, 0.6) is 11.5 Å². The van der Waals surface area contributed by atoms with Gasteiger partial charge in [0.1, 0.15) is 0 Å². The van der Waals surface area contributed by atoms with Crippen molar-refractivity contribution in [1.29, 1.82) is 0 Å². The first kappa shape index (κ1) is 24.5. The van der Waals surface area contributed by atoms with E-state index < -0.39 is 28.5 Å². The Hall–Kier alpha value is -3.11. The Bertz CT molecular complexity index is 1150. The Morgan fingerprint density at radius 3 is 2.58 bits per heavy atom. The second-order valence-corrected chi connectivity index (χ2v) is 9.36. The van der Waals surface area contributed by atoms with Gasteiger partial charge < -0.3 is 19.1 Å². The number of benzene rings is 2. The summed E-state index contributed by atoms with van der Waals surface area (Å²) in [5, 5.41) is 5.19. The molecular formula is C23H28N2O7S. The van der Waals surface area contributed by atoms with Crippen molar-refractivity contribution in [2.24, 2.45) is 5.14 Å². The fourth-order valence-electron chi connectivity index (χ4n) is 3.68. The predicted octanol–water partition coefficient (Wildman–Crippen LogP) is 2.66. The van der Waals surface area contributed by atoms with E-state index in [1.165, 1.54) is 30.2 Å². The average Bonchev–Trinajstić information content (AvgIpc) is 3.11. The molecule has 1 aliphatic heterocycles. The Morgan fingerprint density at radius 1 is 1.15 bits per heavy atom. The highest BCUT2D eigenvalue weighted by Gasteiger charge is 2.32. The second-order valence-electron chi connectivity index (χ2n) is 7.80. The number of hydrogen-bond acceptors (Lipinski definition) is 7. The van der Waals surface area contributed by atoms with Crippen LogP contribution >= 0.6 is 0 Å². The summed E-state index contributed by atoms with van der Waals surface area (Å²) in [6.07, 6.45) is 2.36. The molecule has 10 heteroatoms. The van der Waals surface area contributed by atoms with Crippen LogP contribution in [-0.2, 0) is 26.0 Å². The number of methoxy groups -OCH3 is 1. The molecule has 0 radical (unpaired) electrons. The molecule has 0 saturated carbocycles. The maximum Gasteiger partial charge on any atom is 0.338 e. The summed E-state index contributed by atoms with van der Waals surface area (Å²) >= 11 is 0. The summed E-state index contributed by atoms with van der Waals surface area (Å²) in [5.41, 5.74) is 1.50. The van der Waals surface area contributed by atoms with Gasteiger partial charge in [0, 0.05) is 11.7 Å². The summed E-state index contributed by atoms with van der Waals surface area (Å²) in [6.45, 7) is 3.97. The first-order valence-corrected chi connectivity index (χ1v) is 12.2. The normalized spacial score (nSPS) is 15.2. The molecule has 0 aliphatic carbocycles. The highest BCUT2D eigenvalue weighted by Crippen LogP contribution is 2.34. The molecule has 1 heterocycles. The lowest BCUT2D eigenvalue weighted by atomic mass is 10.1. The second kappa shape index (κ2) is 10.2. The van der Waals surface area contributed by atoms with Crippen molar-refractivity contribution in [2.75, 3.05) is 25.2 Å². The predicted molar refractivity (Wildman–Crippen MR) is 122 cm³/mol. The van der Waals surface area contributed by atoms with Crippen LogP contribution in [0.4, 0.5) is 5.69 Å². The molecule has 1 aliphatic rings. The largest absolute Gasteiger partial charge is 0.493 e. The quantitative estimate of drug-likeness (QED) is 0.436. The molecule has 33 heavy (non-hydrogen) atoms. The van der Waals surface area contributed by atoms with Crippen LogP contribution in [0.2, 0.25) is 0 Å². The van der Waals surface area contributed by atoms with E-state index in [1.807, 2.05) is 6.92 Å². The third kappa shape index (κ3) is 5.63. The lowest BCUT2D eigenvalue weighted by molar-refractivity contribution is -0.122. The van der Waals surface area contributed by atoms with Gasteiger partial charge in [0.25, 0.3) is 5.91 Å². The first-order valence-electron chi connectivity index (χ1n) is 10.6. The van der Waals surface area contributed by atoms with Crippen LogP contribution in [0.3, 0.4) is 0 Å². The monoisotopic (exact) mass is 476 g/mol. The van der Waals surface area contributed by atoms with Crippen molar-refractivity contribution in [3.8, 4) is 11.5 Å². The highest BCUT2D eigenvalue weighted by atomic mass is 32.2. The van der Waals surface area contributed by atoms with Crippen molar-refractivity contribution in [3.05, 3.63) is 47.5 Å². The highest BCUT2D eigenvalue weighted by molar-refractivity contribution is 7.89. The minimum Gasteiger partial charge on any atom is -0.493 e. The zero-order valence-corrected chi connectivity index (χ0v) is 19.7. The maximum atomic E-state index is 12.8. The molecule has 2 aromatic rings. The van der Waals surface area contributed by atoms with Crippen LogP contribution in [0, 0.1) is 0 Å². The molecule has 0 bridgehead atoms. The fraction of sp³-hybridized carbons (Fsp3) is 0.391. The van der Waals surface area contributed by atoms with Crippen molar-refractivity contribution in [1.82, 2.24) is 0 Å². The van der Waals surface area contributed by atoms with E-state index in [9.17, 15) is 18.0 Å². The van der Waals surface area contributed by atoms with Gasteiger partial charge in [0.15, 0.2) is 18.1 Å². The zero-order chi connectivity index (χ0) is 24.2. The van der Waals surface area contributed by atoms with Crippen LogP contribution in [0.1, 0.15) is 42.6 Å². The van der Waals surface area contributed by atoms with E-state index in [1.54, 1.807) is 18.2 Å². The van der Waals surface area contributed by atoms with Gasteiger partial charge in [0.05, 0.1) is 24.2 Å². The molecule has 9 nitrogen and oxygen atoms in total. The number of ether oxygens (including phenoxy) is 3. The Balaban J connectivity index is 1.67. The van der Waals surface area contributed by atoms with Gasteiger partial charge in [-0.3, -0.25) is 4.79 Å². The summed E-state index contributed by atoms with van der Waals surface area (Å²) < 4.78 is 39.4. The molecule has 3 rings (SSSR count). The van der Waals surface area contributed by atoms with Crippen LogP contribution in [-0.4, -0.2) is 46.7 Å². The summed E-state index contributed by atoms with van der Waals surface area (Å²) in [5.74, 6) is -0.151. The number of primary sulfonamides is 1. The van der Waals surface area contributed by atoms with E-state index in [0.717, 1.165) is 12.8 Å². The topological polar surface area (TPSA) is 125 Å². The first-order chi connectivity index (χ1) is 15.7. The smallest absolute Gasteiger partial charge is 0.338 e. The number of carbonyl (C=O) groups excluding carboxylic acids is 2. The van der Waals surface area contributed by atoms with Crippen molar-refractivity contribution in [2.45, 2.75) is 44.0 Å². The van der Waals surface area contributed by atoms with E-state index in [0.29, 0.717) is 35.8 Å². The minimum atomic E-state index is -3.84. The van der Waals surface area contributed by atoms with Crippen LogP contribution in [0.15, 0.2) is 41.3 Å². The van der Waals surface area contributed by atoms with Crippen molar-refractivity contribution >= 4 is 27.6 Å². The molecule has 0 spiro atoms. The molecule has 1 atom stereocenters. The summed E-state index contributed by atoms with van der Waals surface area (Å²) in [7, 11) is -2.36. The number of anilines is 1. The molecular weight excluding hydrogens is 448 g/mol. The average molecular weight is 477 g/mol. The number of nitrogens with zero attached hydrogens (tertiary/aromatic N) is 1. The Kier molecular flexibility index (Phi) is 7.60. The number of fused-ring (bicyclic) bond motifs is 1. The lowest BCUT2D eigenvalue weighted by Crippen LogP contribution is -2.38. The molecule has 2 N–H and O–H groups in total. The maximum absolute atomic E-state index is 12.8. The van der Waals surface area contributed by atoms with Gasteiger partial charge in [-0.25, -0.2) is 18.4 Å². The van der Waals surface area contributed by atoms with Gasteiger partial charge in [0.2, 0.25) is 10.0 Å². The fourth-order valence-corrected chi connectivity index (χ4v) is 4.25. The molecule has 178 valence electrons. The molecule has 0 fully saturated rings. The Morgan fingerprint density at radius 2 is 1.91 bits per heavy atom. The molecule has 2 aromatic carbocycles. The number of sulfonamides is 1. The standard InChI is InChI=1S/C23H28N2O7S/c1-4-5-10-31-20-9-6-16(13-21(20)30-3)23(27)32-14-22(26)25-15(2)11-17-12-18(33(24,28)29)7-8-19(17)25/h6-9,12-13,15H,4-5,10-11,14H2,1-3H3,(H2,24,28,29)/t15-/m1/s1. The molecule has 1 amide bonds. The van der Waals surface area contributed by atoms with E-state index >= 15 is 0 Å². The third-order valence-corrected chi connectivity index (χ3v) is 6.26. The van der Waals surface area contributed by atoms with Crippen molar-refractivity contribution in [3.63, 3.8) is 0 Å². The van der Waals surface area contributed by atoms with Crippen molar-refractivity contribution < 1.29 is 32.2 Å². The molecule has 0 aromatic heterocycles. The number of nitrogens with two attached hydrogens (primary N) is 1. The van der Waals surface area contributed by atoms with Gasteiger partial charge in [-0.05, 0) is 61.7 Å². The number of amides is 1. The van der Waals surface area contributed by atoms with Crippen LogP contribution in [0.25, 0.3) is 0 Å². The zero-order valence-electron chi connectivity index (χ0n) is 18.9. The molecule has 0 saturated heterocycles. The van der Waals surface area contributed by atoms with Gasteiger partial charge in [-0.15, -0.1) is 0 Å². The SMILES string of the molecule is CCCCOc1ccc(C(=O)OCC(=O)N2c3ccc(S(N)(=O)=O)cc3C[C@H]2C)cc1OC. The van der Waals surface area contributed by atoms with E-state index in [4.69, 9.17) is 19.3 Å². The third-order valence-electron chi connectivity index (χ3n) is 5.35. The lowest BCUT2D eigenvalue weighted by Gasteiger charge is -2.22. The van der Waals surface area contributed by atoms with Gasteiger partial charge >= 0.3 is 5.97 Å². The number of rotatable bonds is 9. The molecule has 0 unspecified atom stereocenters. The summed E-state index contributed by atoms with van der Waals surface area (Å²) in [6, 6.07) is 8.85. The summed E-state index contributed by atoms with van der Waals surface area (Å²) in [4.78, 5) is 26.8. The number of esters is 1. The Labute approximate surface area is 193 Å².